The molecule has 7 rings (SSSR count). The number of rotatable bonds is 6. The van der Waals surface area contributed by atoms with E-state index in [-0.39, 0.29) is 23.0 Å². The minimum absolute atomic E-state index is 0.00210. The zero-order valence-electron chi connectivity index (χ0n) is 23.3. The zero-order chi connectivity index (χ0) is 30.2. The molecule has 0 saturated heterocycles. The Bertz CT molecular complexity index is 1920. The maximum absolute atomic E-state index is 10.7. The SMILES string of the molecule is Oc1cc(C2=Nc3ccccc3C2)c(O)cc1C=Nc1ccc(N=Cc2cc(O)c(C3=Nc4ccccc4C3)cc2O)nc1. The summed E-state index contributed by atoms with van der Waals surface area (Å²) in [5.74, 6) is 0.290. The number of hydrogen-bond acceptors (Lipinski definition) is 9. The normalized spacial score (nSPS) is 13.7. The molecule has 0 fully saturated rings. The van der Waals surface area contributed by atoms with E-state index in [0.29, 0.717) is 58.0 Å². The van der Waals surface area contributed by atoms with Crippen LogP contribution in [0, 0.1) is 0 Å². The zero-order valence-corrected chi connectivity index (χ0v) is 23.3. The third-order valence-corrected chi connectivity index (χ3v) is 7.54. The highest BCUT2D eigenvalue weighted by molar-refractivity contribution is 6.10. The van der Waals surface area contributed by atoms with Crippen molar-refractivity contribution in [3.05, 3.63) is 125 Å². The van der Waals surface area contributed by atoms with Gasteiger partial charge in [0.15, 0.2) is 5.82 Å². The summed E-state index contributed by atoms with van der Waals surface area (Å²) < 4.78 is 0. The van der Waals surface area contributed by atoms with Crippen LogP contribution in [-0.4, -0.2) is 49.3 Å². The number of para-hydroxylation sites is 2. The maximum Gasteiger partial charge on any atom is 0.151 e. The summed E-state index contributed by atoms with van der Waals surface area (Å²) >= 11 is 0. The molecule has 2 aliphatic heterocycles. The van der Waals surface area contributed by atoms with Gasteiger partial charge in [-0.15, -0.1) is 0 Å². The van der Waals surface area contributed by atoms with Gasteiger partial charge in [0.25, 0.3) is 0 Å². The first-order valence-electron chi connectivity index (χ1n) is 13.9. The van der Waals surface area contributed by atoms with Gasteiger partial charge in [-0.05, 0) is 59.7 Å². The number of phenols is 4. The van der Waals surface area contributed by atoms with Crippen molar-refractivity contribution in [3.8, 4) is 23.0 Å². The largest absolute Gasteiger partial charge is 0.507 e. The molecule has 44 heavy (non-hydrogen) atoms. The van der Waals surface area contributed by atoms with Crippen molar-refractivity contribution >= 4 is 46.7 Å². The van der Waals surface area contributed by atoms with Gasteiger partial charge < -0.3 is 20.4 Å². The van der Waals surface area contributed by atoms with Crippen molar-refractivity contribution in [2.75, 3.05) is 0 Å². The molecule has 1 aromatic heterocycles. The highest BCUT2D eigenvalue weighted by Gasteiger charge is 2.21. The van der Waals surface area contributed by atoms with Crippen LogP contribution in [0.5, 0.6) is 23.0 Å². The first-order chi connectivity index (χ1) is 21.4. The van der Waals surface area contributed by atoms with Crippen LogP contribution in [-0.2, 0) is 12.8 Å². The molecule has 5 aromatic rings. The number of pyridine rings is 1. The Hall–Kier alpha value is -6.09. The van der Waals surface area contributed by atoms with Gasteiger partial charge in [-0.3, -0.25) is 15.0 Å². The quantitative estimate of drug-likeness (QED) is 0.130. The number of nitrogens with zero attached hydrogens (tertiary/aromatic N) is 5. The number of phenolic OH excluding ortho intramolecular Hbond substituents is 4. The Kier molecular flexibility index (Phi) is 6.67. The molecule has 0 amide bonds. The lowest BCUT2D eigenvalue weighted by molar-refractivity contribution is 0.458. The van der Waals surface area contributed by atoms with Gasteiger partial charge in [0, 0.05) is 47.5 Å². The predicted octanol–water partition coefficient (Wildman–Crippen LogP) is 6.76. The molecule has 4 N–H and O–H groups in total. The molecule has 4 aromatic carbocycles. The minimum Gasteiger partial charge on any atom is -0.507 e. The van der Waals surface area contributed by atoms with Crippen LogP contribution in [0.4, 0.5) is 22.9 Å². The Morgan fingerprint density at radius 3 is 1.59 bits per heavy atom. The molecular formula is C35H25N5O4. The highest BCUT2D eigenvalue weighted by Crippen LogP contribution is 2.35. The molecule has 0 unspecified atom stereocenters. The monoisotopic (exact) mass is 579 g/mol. The van der Waals surface area contributed by atoms with Crippen molar-refractivity contribution in [2.45, 2.75) is 12.8 Å². The fraction of sp³-hybridized carbons (Fsp3) is 0.0571. The van der Waals surface area contributed by atoms with E-state index in [1.165, 1.54) is 42.9 Å². The van der Waals surface area contributed by atoms with Crippen molar-refractivity contribution in [2.24, 2.45) is 20.0 Å². The van der Waals surface area contributed by atoms with Crippen LogP contribution in [0.15, 0.2) is 111 Å². The van der Waals surface area contributed by atoms with Crippen LogP contribution in [0.25, 0.3) is 0 Å². The molecule has 214 valence electrons. The van der Waals surface area contributed by atoms with Crippen molar-refractivity contribution in [1.29, 1.82) is 0 Å². The minimum atomic E-state index is -0.0416. The van der Waals surface area contributed by atoms with Gasteiger partial charge in [0.2, 0.25) is 0 Å². The lowest BCUT2D eigenvalue weighted by atomic mass is 10.0. The van der Waals surface area contributed by atoms with Gasteiger partial charge in [-0.1, -0.05) is 36.4 Å². The van der Waals surface area contributed by atoms with E-state index in [0.717, 1.165) is 22.5 Å². The van der Waals surface area contributed by atoms with Crippen LogP contribution in [0.1, 0.15) is 33.4 Å². The van der Waals surface area contributed by atoms with Crippen molar-refractivity contribution in [1.82, 2.24) is 4.98 Å². The molecule has 3 heterocycles. The number of benzene rings is 4. The van der Waals surface area contributed by atoms with E-state index in [1.807, 2.05) is 48.5 Å². The Morgan fingerprint density at radius 2 is 1.09 bits per heavy atom. The fourth-order valence-electron chi connectivity index (χ4n) is 5.25. The van der Waals surface area contributed by atoms with Gasteiger partial charge in [0.1, 0.15) is 23.0 Å². The van der Waals surface area contributed by atoms with E-state index < -0.39 is 0 Å². The van der Waals surface area contributed by atoms with E-state index in [9.17, 15) is 20.4 Å². The summed E-state index contributed by atoms with van der Waals surface area (Å²) in [7, 11) is 0. The number of aromatic nitrogens is 1. The molecule has 0 radical (unpaired) electrons. The summed E-state index contributed by atoms with van der Waals surface area (Å²) in [6.45, 7) is 0. The fourth-order valence-corrected chi connectivity index (χ4v) is 5.25. The average Bonchev–Trinajstić information content (AvgIpc) is 3.66. The third-order valence-electron chi connectivity index (χ3n) is 7.54. The first kappa shape index (κ1) is 26.8. The standard InChI is InChI=1S/C35H25N5O4/c41-31-15-25(29-11-20-5-1-3-7-27(20)39-29)33(43)13-22(31)17-36-24-9-10-35(38-19-24)37-18-23-14-34(44)26(16-32(23)42)30-12-21-6-2-4-8-28(21)40-30/h1-10,13-19,41-44H,11-12H2. The molecule has 0 spiro atoms. The van der Waals surface area contributed by atoms with Crippen LogP contribution < -0.4 is 0 Å². The topological polar surface area (TPSA) is 143 Å². The smallest absolute Gasteiger partial charge is 0.151 e. The van der Waals surface area contributed by atoms with Gasteiger partial charge in [-0.25, -0.2) is 9.98 Å². The summed E-state index contributed by atoms with van der Waals surface area (Å²) in [4.78, 5) is 22.1. The van der Waals surface area contributed by atoms with Crippen LogP contribution in [0.3, 0.4) is 0 Å². The van der Waals surface area contributed by atoms with Crippen molar-refractivity contribution in [3.63, 3.8) is 0 Å². The van der Waals surface area contributed by atoms with E-state index >= 15 is 0 Å². The number of fused-ring (bicyclic) bond motifs is 2. The molecule has 0 bridgehead atoms. The van der Waals surface area contributed by atoms with Gasteiger partial charge >= 0.3 is 0 Å². The number of aliphatic imine (C=N–C) groups is 4. The van der Waals surface area contributed by atoms with E-state index in [1.54, 1.807) is 12.1 Å². The lowest BCUT2D eigenvalue weighted by Gasteiger charge is -2.08. The Balaban J connectivity index is 1.03. The second kappa shape index (κ2) is 11.0. The van der Waals surface area contributed by atoms with Crippen LogP contribution >= 0.6 is 0 Å². The van der Waals surface area contributed by atoms with Crippen LogP contribution in [0.2, 0.25) is 0 Å². The van der Waals surface area contributed by atoms with Gasteiger partial charge in [-0.2, -0.15) is 0 Å². The summed E-state index contributed by atoms with van der Waals surface area (Å²) in [6.07, 6.45) is 5.53. The summed E-state index contributed by atoms with van der Waals surface area (Å²) in [5, 5.41) is 42.6. The van der Waals surface area contributed by atoms with Gasteiger partial charge in [0.05, 0.1) is 34.7 Å². The van der Waals surface area contributed by atoms with Crippen molar-refractivity contribution < 1.29 is 20.4 Å². The number of aromatic hydroxyl groups is 4. The lowest BCUT2D eigenvalue weighted by Crippen LogP contribution is -2.01. The molecule has 0 atom stereocenters. The number of hydrogen-bond donors (Lipinski definition) is 4. The molecular weight excluding hydrogens is 554 g/mol. The third kappa shape index (κ3) is 5.18. The Labute approximate surface area is 252 Å². The summed E-state index contributed by atoms with van der Waals surface area (Å²) in [6, 6.07) is 24.8. The first-order valence-corrected chi connectivity index (χ1v) is 13.9. The van der Waals surface area contributed by atoms with E-state index in [4.69, 9.17) is 0 Å². The molecule has 2 aliphatic rings. The predicted molar refractivity (Wildman–Crippen MR) is 171 cm³/mol. The Morgan fingerprint density at radius 1 is 0.568 bits per heavy atom. The second-order valence-corrected chi connectivity index (χ2v) is 10.5. The maximum atomic E-state index is 10.7. The van der Waals surface area contributed by atoms with E-state index in [2.05, 4.69) is 25.0 Å². The molecule has 9 heteroatoms. The average molecular weight is 580 g/mol. The molecule has 0 aliphatic carbocycles. The molecule has 0 saturated carbocycles. The summed E-state index contributed by atoms with van der Waals surface area (Å²) in [5.41, 5.74) is 7.38. The molecule has 9 nitrogen and oxygen atoms in total. The highest BCUT2D eigenvalue weighted by atomic mass is 16.3. The second-order valence-electron chi connectivity index (χ2n) is 10.5.